The molecule has 0 saturated carbocycles. The zero-order valence-corrected chi connectivity index (χ0v) is 10.2. The summed E-state index contributed by atoms with van der Waals surface area (Å²) in [6.07, 6.45) is 0. The van der Waals surface area contributed by atoms with Crippen molar-refractivity contribution >= 4 is 51.5 Å². The second-order valence-corrected chi connectivity index (χ2v) is 5.34. The van der Waals surface area contributed by atoms with Crippen LogP contribution >= 0.6 is 45.5 Å². The first kappa shape index (κ1) is 10.3. The first-order valence-electron chi connectivity index (χ1n) is 3.10. The van der Waals surface area contributed by atoms with Crippen LogP contribution in [0.1, 0.15) is 15.2 Å². The SMILES string of the molecule is COC(=O)c1sc(I)c(C)c1Cl. The van der Waals surface area contributed by atoms with Gasteiger partial charge in [-0.1, -0.05) is 11.6 Å². The summed E-state index contributed by atoms with van der Waals surface area (Å²) in [4.78, 5) is 11.6. The third-order valence-corrected chi connectivity index (χ3v) is 4.50. The van der Waals surface area contributed by atoms with E-state index in [0.29, 0.717) is 9.90 Å². The van der Waals surface area contributed by atoms with Gasteiger partial charge < -0.3 is 4.74 Å². The molecule has 0 N–H and O–H groups in total. The Morgan fingerprint density at radius 3 is 2.58 bits per heavy atom. The summed E-state index contributed by atoms with van der Waals surface area (Å²) in [5.41, 5.74) is 0.947. The molecule has 1 heterocycles. The quantitative estimate of drug-likeness (QED) is 0.588. The summed E-state index contributed by atoms with van der Waals surface area (Å²) in [6, 6.07) is 0. The van der Waals surface area contributed by atoms with Gasteiger partial charge in [-0.15, -0.1) is 11.3 Å². The molecule has 2 nitrogen and oxygen atoms in total. The fraction of sp³-hybridized carbons (Fsp3) is 0.286. The maximum absolute atomic E-state index is 11.1. The average molecular weight is 317 g/mol. The molecule has 1 rings (SSSR count). The lowest BCUT2D eigenvalue weighted by molar-refractivity contribution is 0.0606. The third kappa shape index (κ3) is 1.75. The van der Waals surface area contributed by atoms with Crippen LogP contribution in [0.4, 0.5) is 0 Å². The standard InChI is InChI=1S/C7H6ClIO2S/c1-3-4(8)5(7(10)11-2)12-6(3)9/h1-2H3. The van der Waals surface area contributed by atoms with Gasteiger partial charge in [-0.2, -0.15) is 0 Å². The van der Waals surface area contributed by atoms with Crippen molar-refractivity contribution in [2.75, 3.05) is 7.11 Å². The molecular formula is C7H6ClIO2S. The van der Waals surface area contributed by atoms with Crippen molar-refractivity contribution in [2.45, 2.75) is 6.92 Å². The number of ether oxygens (including phenoxy) is 1. The van der Waals surface area contributed by atoms with Crippen molar-refractivity contribution in [1.82, 2.24) is 0 Å². The molecule has 0 saturated heterocycles. The molecule has 5 heteroatoms. The lowest BCUT2D eigenvalue weighted by Crippen LogP contribution is -1.98. The Bertz CT molecular complexity index is 321. The fourth-order valence-corrected chi connectivity index (χ4v) is 2.97. The van der Waals surface area contributed by atoms with Crippen LogP contribution in [0, 0.1) is 9.81 Å². The lowest BCUT2D eigenvalue weighted by Gasteiger charge is -1.94. The van der Waals surface area contributed by atoms with Gasteiger partial charge in [0, 0.05) is 0 Å². The minimum absolute atomic E-state index is 0.365. The summed E-state index contributed by atoms with van der Waals surface area (Å²) in [5, 5.41) is 0.510. The Balaban J connectivity index is 3.17. The molecule has 0 aromatic carbocycles. The number of esters is 1. The Labute approximate surface area is 93.0 Å². The van der Waals surface area contributed by atoms with Crippen molar-refractivity contribution in [2.24, 2.45) is 0 Å². The van der Waals surface area contributed by atoms with Crippen molar-refractivity contribution in [3.63, 3.8) is 0 Å². The normalized spacial score (nSPS) is 10.0. The van der Waals surface area contributed by atoms with Gasteiger partial charge in [0.1, 0.15) is 4.88 Å². The van der Waals surface area contributed by atoms with Crippen molar-refractivity contribution in [3.8, 4) is 0 Å². The third-order valence-electron chi connectivity index (χ3n) is 1.39. The molecule has 0 spiro atoms. The van der Waals surface area contributed by atoms with E-state index in [1.54, 1.807) is 0 Å². The second-order valence-electron chi connectivity index (χ2n) is 2.14. The van der Waals surface area contributed by atoms with E-state index in [2.05, 4.69) is 27.3 Å². The highest BCUT2D eigenvalue weighted by Gasteiger charge is 2.17. The number of carbonyl (C=O) groups is 1. The Morgan fingerprint density at radius 2 is 2.25 bits per heavy atom. The predicted molar refractivity (Wildman–Crippen MR) is 58.1 cm³/mol. The molecule has 0 fully saturated rings. The van der Waals surface area contributed by atoms with Gasteiger partial charge in [-0.05, 0) is 35.1 Å². The minimum Gasteiger partial charge on any atom is -0.465 e. The number of thiophene rings is 1. The summed E-state index contributed by atoms with van der Waals surface area (Å²) in [5.74, 6) is -0.365. The molecule has 0 unspecified atom stereocenters. The van der Waals surface area contributed by atoms with E-state index in [0.717, 1.165) is 8.45 Å². The van der Waals surface area contributed by atoms with E-state index in [9.17, 15) is 4.79 Å². The summed E-state index contributed by atoms with van der Waals surface area (Å²) in [6.45, 7) is 1.88. The van der Waals surface area contributed by atoms with Gasteiger partial charge in [0.05, 0.1) is 15.0 Å². The smallest absolute Gasteiger partial charge is 0.349 e. The largest absolute Gasteiger partial charge is 0.465 e. The molecule has 12 heavy (non-hydrogen) atoms. The first-order chi connectivity index (χ1) is 5.57. The highest BCUT2D eigenvalue weighted by atomic mass is 127. The van der Waals surface area contributed by atoms with Gasteiger partial charge in [-0.25, -0.2) is 4.79 Å². The van der Waals surface area contributed by atoms with Crippen LogP contribution < -0.4 is 0 Å². The maximum Gasteiger partial charge on any atom is 0.349 e. The van der Waals surface area contributed by atoms with E-state index < -0.39 is 0 Å². The van der Waals surface area contributed by atoms with E-state index in [1.165, 1.54) is 18.4 Å². The molecule has 0 bridgehead atoms. The summed E-state index contributed by atoms with van der Waals surface area (Å²) in [7, 11) is 1.35. The average Bonchev–Trinajstić information content (AvgIpc) is 2.32. The van der Waals surface area contributed by atoms with Crippen molar-refractivity contribution in [3.05, 3.63) is 18.3 Å². The Morgan fingerprint density at radius 1 is 1.67 bits per heavy atom. The number of halogens is 2. The second kappa shape index (κ2) is 3.93. The van der Waals surface area contributed by atoms with E-state index in [1.807, 2.05) is 6.92 Å². The van der Waals surface area contributed by atoms with Gasteiger partial charge in [-0.3, -0.25) is 0 Å². The molecular weight excluding hydrogens is 310 g/mol. The Kier molecular flexibility index (Phi) is 3.37. The van der Waals surface area contributed by atoms with Crippen molar-refractivity contribution < 1.29 is 9.53 Å². The molecule has 0 amide bonds. The topological polar surface area (TPSA) is 26.3 Å². The monoisotopic (exact) mass is 316 g/mol. The zero-order chi connectivity index (χ0) is 9.30. The number of hydrogen-bond acceptors (Lipinski definition) is 3. The van der Waals surface area contributed by atoms with E-state index in [-0.39, 0.29) is 5.97 Å². The molecule has 0 radical (unpaired) electrons. The van der Waals surface area contributed by atoms with Gasteiger partial charge in [0.25, 0.3) is 0 Å². The van der Waals surface area contributed by atoms with Crippen molar-refractivity contribution in [1.29, 1.82) is 0 Å². The van der Waals surface area contributed by atoms with Crippen LogP contribution in [-0.2, 0) is 4.74 Å². The van der Waals surface area contributed by atoms with Crippen LogP contribution in [0.3, 0.4) is 0 Å². The summed E-state index contributed by atoms with van der Waals surface area (Å²) >= 11 is 9.39. The molecule has 0 aliphatic carbocycles. The minimum atomic E-state index is -0.365. The van der Waals surface area contributed by atoms with Gasteiger partial charge >= 0.3 is 5.97 Å². The highest BCUT2D eigenvalue weighted by Crippen LogP contribution is 2.33. The molecule has 1 aromatic rings. The Hall–Kier alpha value is 0.190. The molecule has 0 aliphatic heterocycles. The van der Waals surface area contributed by atoms with Crippen LogP contribution in [-0.4, -0.2) is 13.1 Å². The summed E-state index contributed by atoms with van der Waals surface area (Å²) < 4.78 is 5.60. The number of hydrogen-bond donors (Lipinski definition) is 0. The predicted octanol–water partition coefficient (Wildman–Crippen LogP) is 3.10. The highest BCUT2D eigenvalue weighted by molar-refractivity contribution is 14.1. The lowest BCUT2D eigenvalue weighted by atomic mass is 10.3. The zero-order valence-electron chi connectivity index (χ0n) is 6.48. The van der Waals surface area contributed by atoms with Crippen LogP contribution in [0.2, 0.25) is 5.02 Å². The van der Waals surface area contributed by atoms with Crippen LogP contribution in [0.5, 0.6) is 0 Å². The first-order valence-corrected chi connectivity index (χ1v) is 5.38. The molecule has 0 aliphatic rings. The number of rotatable bonds is 1. The molecule has 0 atom stereocenters. The van der Waals surface area contributed by atoms with Crippen LogP contribution in [0.25, 0.3) is 0 Å². The van der Waals surface area contributed by atoms with Gasteiger partial charge in [0.2, 0.25) is 0 Å². The number of methoxy groups -OCH3 is 1. The molecule has 66 valence electrons. The van der Waals surface area contributed by atoms with Crippen LogP contribution in [0.15, 0.2) is 0 Å². The van der Waals surface area contributed by atoms with Gasteiger partial charge in [0.15, 0.2) is 0 Å². The molecule has 1 aromatic heterocycles. The fourth-order valence-electron chi connectivity index (χ4n) is 0.692. The van der Waals surface area contributed by atoms with E-state index in [4.69, 9.17) is 11.6 Å². The maximum atomic E-state index is 11.1. The number of carbonyl (C=O) groups excluding carboxylic acids is 1. The van der Waals surface area contributed by atoms with E-state index >= 15 is 0 Å².